The summed E-state index contributed by atoms with van der Waals surface area (Å²) in [5.41, 5.74) is 2.58. The molecule has 0 heterocycles. The summed E-state index contributed by atoms with van der Waals surface area (Å²) < 4.78 is 0. The zero-order valence-electron chi connectivity index (χ0n) is 7.49. The topological polar surface area (TPSA) is 12.4 Å². The minimum Gasteiger partial charge on any atom is -0.228 e. The molecule has 0 amide bonds. The van der Waals surface area contributed by atoms with Crippen molar-refractivity contribution in [2.45, 2.75) is 12.3 Å². The third-order valence-corrected chi connectivity index (χ3v) is 2.46. The highest BCUT2D eigenvalue weighted by Crippen LogP contribution is 2.15. The van der Waals surface area contributed by atoms with E-state index in [1.807, 2.05) is 17.8 Å². The summed E-state index contributed by atoms with van der Waals surface area (Å²) in [6.07, 6.45) is 2.10. The first-order valence-electron chi connectivity index (χ1n) is 3.98. The molecule has 1 nitrogen and oxygen atoms in total. The zero-order chi connectivity index (χ0) is 9.52. The number of isothiocyanates is 1. The molecule has 0 fully saturated rings. The Morgan fingerprint density at radius 3 is 2.69 bits per heavy atom. The Kier molecular flexibility index (Phi) is 4.76. The van der Waals surface area contributed by atoms with E-state index in [2.05, 4.69) is 46.8 Å². The number of thioether (sulfide) groups is 1. The van der Waals surface area contributed by atoms with E-state index >= 15 is 0 Å². The van der Waals surface area contributed by atoms with Crippen LogP contribution in [0.2, 0.25) is 0 Å². The molecule has 0 aromatic heterocycles. The second kappa shape index (κ2) is 5.92. The third kappa shape index (κ3) is 3.31. The molecule has 0 saturated heterocycles. The number of hydrogen-bond acceptors (Lipinski definition) is 3. The minimum absolute atomic E-state index is 0.653. The van der Waals surface area contributed by atoms with Crippen LogP contribution in [0.1, 0.15) is 11.1 Å². The summed E-state index contributed by atoms with van der Waals surface area (Å²) in [6, 6.07) is 8.29. The second-order valence-corrected chi connectivity index (χ2v) is 3.66. The van der Waals surface area contributed by atoms with Crippen LogP contribution in [0.3, 0.4) is 0 Å². The van der Waals surface area contributed by atoms with Crippen molar-refractivity contribution in [2.24, 2.45) is 4.99 Å². The molecule has 68 valence electrons. The molecular weight excluding hydrogens is 198 g/mol. The Morgan fingerprint density at radius 2 is 2.08 bits per heavy atom. The van der Waals surface area contributed by atoms with Gasteiger partial charge in [-0.1, -0.05) is 24.3 Å². The number of aliphatic imine (C=N–C) groups is 1. The first-order chi connectivity index (χ1) is 6.38. The number of benzene rings is 1. The molecule has 0 spiro atoms. The molecule has 0 N–H and O–H groups in total. The van der Waals surface area contributed by atoms with Gasteiger partial charge in [-0.05, 0) is 29.6 Å². The molecule has 0 radical (unpaired) electrons. The standard InChI is InChI=1S/C10H11NS2/c1-13-7-10-5-3-2-4-9(10)6-11-8-12/h2-5H,6-7H2,1H3. The lowest BCUT2D eigenvalue weighted by Gasteiger charge is -2.04. The Bertz CT molecular complexity index is 316. The average Bonchev–Trinajstić information content (AvgIpc) is 2.17. The van der Waals surface area contributed by atoms with Crippen LogP contribution in [0.15, 0.2) is 29.3 Å². The molecule has 0 bridgehead atoms. The fourth-order valence-electron chi connectivity index (χ4n) is 1.13. The van der Waals surface area contributed by atoms with Gasteiger partial charge < -0.3 is 0 Å². The van der Waals surface area contributed by atoms with Gasteiger partial charge in [0.25, 0.3) is 0 Å². The van der Waals surface area contributed by atoms with Gasteiger partial charge in [0.05, 0.1) is 11.7 Å². The van der Waals surface area contributed by atoms with Gasteiger partial charge in [0.2, 0.25) is 0 Å². The molecule has 1 aromatic carbocycles. The SMILES string of the molecule is CSCc1ccccc1CN=C=S. The Morgan fingerprint density at radius 1 is 1.38 bits per heavy atom. The van der Waals surface area contributed by atoms with Crippen LogP contribution >= 0.6 is 24.0 Å². The van der Waals surface area contributed by atoms with Gasteiger partial charge in [-0.15, -0.1) is 0 Å². The fourth-order valence-corrected chi connectivity index (χ4v) is 1.78. The summed E-state index contributed by atoms with van der Waals surface area (Å²) in [6.45, 7) is 0.653. The van der Waals surface area contributed by atoms with Gasteiger partial charge in [0.15, 0.2) is 0 Å². The monoisotopic (exact) mass is 209 g/mol. The predicted octanol–water partition coefficient (Wildman–Crippen LogP) is 3.15. The zero-order valence-corrected chi connectivity index (χ0v) is 9.12. The van der Waals surface area contributed by atoms with E-state index in [1.54, 1.807) is 0 Å². The van der Waals surface area contributed by atoms with Crippen molar-refractivity contribution in [1.82, 2.24) is 0 Å². The van der Waals surface area contributed by atoms with Crippen molar-refractivity contribution in [3.63, 3.8) is 0 Å². The lowest BCUT2D eigenvalue weighted by atomic mass is 10.1. The van der Waals surface area contributed by atoms with Crippen molar-refractivity contribution < 1.29 is 0 Å². The van der Waals surface area contributed by atoms with Gasteiger partial charge >= 0.3 is 0 Å². The average molecular weight is 209 g/mol. The molecular formula is C10H11NS2. The Labute approximate surface area is 88.3 Å². The maximum atomic E-state index is 4.54. The normalized spacial score (nSPS) is 9.31. The van der Waals surface area contributed by atoms with E-state index in [0.29, 0.717) is 6.54 Å². The first kappa shape index (κ1) is 10.5. The Balaban J connectivity index is 2.83. The lowest BCUT2D eigenvalue weighted by Crippen LogP contribution is -1.89. The predicted molar refractivity (Wildman–Crippen MR) is 62.4 cm³/mol. The highest BCUT2D eigenvalue weighted by Gasteiger charge is 1.98. The van der Waals surface area contributed by atoms with E-state index in [-0.39, 0.29) is 0 Å². The number of nitrogens with zero attached hydrogens (tertiary/aromatic N) is 1. The van der Waals surface area contributed by atoms with Crippen molar-refractivity contribution >= 4 is 29.1 Å². The third-order valence-electron chi connectivity index (χ3n) is 1.73. The van der Waals surface area contributed by atoms with E-state index in [4.69, 9.17) is 0 Å². The van der Waals surface area contributed by atoms with Crippen LogP contribution in [0.4, 0.5) is 0 Å². The first-order valence-corrected chi connectivity index (χ1v) is 5.78. The minimum atomic E-state index is 0.653. The van der Waals surface area contributed by atoms with Crippen LogP contribution in [-0.4, -0.2) is 11.4 Å². The summed E-state index contributed by atoms with van der Waals surface area (Å²) in [4.78, 5) is 3.94. The molecule has 0 atom stereocenters. The van der Waals surface area contributed by atoms with Crippen molar-refractivity contribution in [1.29, 1.82) is 0 Å². The second-order valence-electron chi connectivity index (χ2n) is 2.61. The summed E-state index contributed by atoms with van der Waals surface area (Å²) in [5, 5.41) is 2.39. The fraction of sp³-hybridized carbons (Fsp3) is 0.300. The molecule has 13 heavy (non-hydrogen) atoms. The molecule has 0 saturated carbocycles. The van der Waals surface area contributed by atoms with Crippen LogP contribution in [-0.2, 0) is 12.3 Å². The Hall–Kier alpha value is -0.630. The molecule has 0 aliphatic carbocycles. The van der Waals surface area contributed by atoms with Gasteiger partial charge in [-0.2, -0.15) is 11.8 Å². The molecule has 0 unspecified atom stereocenters. The lowest BCUT2D eigenvalue weighted by molar-refractivity contribution is 1.05. The summed E-state index contributed by atoms with van der Waals surface area (Å²) in [5.74, 6) is 1.03. The number of rotatable bonds is 4. The van der Waals surface area contributed by atoms with E-state index in [9.17, 15) is 0 Å². The van der Waals surface area contributed by atoms with E-state index < -0.39 is 0 Å². The maximum absolute atomic E-state index is 4.54. The molecule has 3 heteroatoms. The van der Waals surface area contributed by atoms with E-state index in [1.165, 1.54) is 11.1 Å². The molecule has 0 aliphatic heterocycles. The summed E-state index contributed by atoms with van der Waals surface area (Å²) in [7, 11) is 0. The van der Waals surface area contributed by atoms with Crippen molar-refractivity contribution in [3.05, 3.63) is 35.4 Å². The molecule has 0 aliphatic rings. The van der Waals surface area contributed by atoms with Crippen LogP contribution < -0.4 is 0 Å². The maximum Gasteiger partial charge on any atom is 0.0746 e. The van der Waals surface area contributed by atoms with Crippen LogP contribution in [0.5, 0.6) is 0 Å². The van der Waals surface area contributed by atoms with Crippen LogP contribution in [0, 0.1) is 0 Å². The van der Waals surface area contributed by atoms with Gasteiger partial charge in [-0.25, -0.2) is 4.99 Å². The summed E-state index contributed by atoms with van der Waals surface area (Å²) >= 11 is 6.35. The largest absolute Gasteiger partial charge is 0.228 e. The van der Waals surface area contributed by atoms with Gasteiger partial charge in [-0.3, -0.25) is 0 Å². The smallest absolute Gasteiger partial charge is 0.0746 e. The highest BCUT2D eigenvalue weighted by atomic mass is 32.2. The van der Waals surface area contributed by atoms with Gasteiger partial charge in [0.1, 0.15) is 0 Å². The number of thiocarbonyl (C=S) groups is 1. The van der Waals surface area contributed by atoms with Crippen molar-refractivity contribution in [2.75, 3.05) is 6.26 Å². The molecule has 1 rings (SSSR count). The highest BCUT2D eigenvalue weighted by molar-refractivity contribution is 7.97. The molecule has 1 aromatic rings. The van der Waals surface area contributed by atoms with Gasteiger partial charge in [0, 0.05) is 5.75 Å². The quantitative estimate of drug-likeness (QED) is 0.558. The number of hydrogen-bond donors (Lipinski definition) is 0. The van der Waals surface area contributed by atoms with E-state index in [0.717, 1.165) is 5.75 Å². The van der Waals surface area contributed by atoms with Crippen molar-refractivity contribution in [3.8, 4) is 0 Å². The van der Waals surface area contributed by atoms with Crippen LogP contribution in [0.25, 0.3) is 0 Å².